The van der Waals surface area contributed by atoms with Crippen molar-refractivity contribution in [1.29, 1.82) is 0 Å². The number of aromatic amines is 1. The van der Waals surface area contributed by atoms with E-state index in [2.05, 4.69) is 9.97 Å². The number of nitrogens with zero attached hydrogens (tertiary/aromatic N) is 3. The van der Waals surface area contributed by atoms with Gasteiger partial charge in [-0.25, -0.2) is 4.98 Å². The van der Waals surface area contributed by atoms with Crippen LogP contribution in [-0.2, 0) is 6.18 Å². The number of anilines is 1. The van der Waals surface area contributed by atoms with Crippen LogP contribution in [0, 0.1) is 13.8 Å². The van der Waals surface area contributed by atoms with E-state index in [1.165, 1.54) is 6.92 Å². The van der Waals surface area contributed by atoms with Gasteiger partial charge < -0.3 is 9.88 Å². The highest BCUT2D eigenvalue weighted by molar-refractivity contribution is 6.33. The predicted molar refractivity (Wildman–Crippen MR) is 108 cm³/mol. The van der Waals surface area contributed by atoms with E-state index in [1.54, 1.807) is 18.7 Å². The van der Waals surface area contributed by atoms with Gasteiger partial charge in [-0.05, 0) is 32.4 Å². The van der Waals surface area contributed by atoms with Crippen molar-refractivity contribution >= 4 is 29.0 Å². The summed E-state index contributed by atoms with van der Waals surface area (Å²) in [7, 11) is 0. The molecule has 10 heteroatoms. The van der Waals surface area contributed by atoms with Crippen molar-refractivity contribution in [3.63, 3.8) is 0 Å². The number of ketones is 2. The van der Waals surface area contributed by atoms with E-state index < -0.39 is 11.7 Å². The molecule has 0 amide bonds. The minimum Gasteiger partial charge on any atom is -0.355 e. The number of Topliss-reactive ketones (excluding diaryl/α,β-unsaturated/α-hetero) is 2. The number of carbonyl (C=O) groups is 2. The number of aryl methyl sites for hydroxylation is 1. The van der Waals surface area contributed by atoms with Crippen molar-refractivity contribution < 1.29 is 22.8 Å². The number of rotatable bonds is 5. The molecule has 2 aromatic heterocycles. The van der Waals surface area contributed by atoms with Gasteiger partial charge in [0.25, 0.3) is 0 Å². The zero-order valence-corrected chi connectivity index (χ0v) is 17.6. The van der Waals surface area contributed by atoms with Crippen LogP contribution in [-0.4, -0.2) is 59.2 Å². The molecule has 0 aromatic carbocycles. The lowest BCUT2D eigenvalue weighted by Crippen LogP contribution is -2.48. The second-order valence-electron chi connectivity index (χ2n) is 7.39. The summed E-state index contributed by atoms with van der Waals surface area (Å²) < 4.78 is 38.3. The summed E-state index contributed by atoms with van der Waals surface area (Å²) in [5, 5.41) is -0.0522. The Hall–Kier alpha value is -2.39. The molecule has 3 rings (SSSR count). The van der Waals surface area contributed by atoms with Crippen LogP contribution in [0.1, 0.15) is 44.6 Å². The fourth-order valence-corrected chi connectivity index (χ4v) is 4.06. The quantitative estimate of drug-likeness (QED) is 0.711. The number of hydrogen-bond acceptors (Lipinski definition) is 5. The highest BCUT2D eigenvalue weighted by Gasteiger charge is 2.32. The maximum Gasteiger partial charge on any atom is 0.417 e. The van der Waals surface area contributed by atoms with Crippen LogP contribution in [0.25, 0.3) is 0 Å². The minimum atomic E-state index is -4.50. The topological polar surface area (TPSA) is 69.3 Å². The Morgan fingerprint density at radius 3 is 2.33 bits per heavy atom. The molecule has 2 aromatic rings. The number of H-pyrrole nitrogens is 1. The zero-order valence-electron chi connectivity index (χ0n) is 16.9. The molecule has 0 aliphatic carbocycles. The third-order valence-corrected chi connectivity index (χ3v) is 5.53. The monoisotopic (exact) mass is 442 g/mol. The first kappa shape index (κ1) is 22.3. The van der Waals surface area contributed by atoms with Gasteiger partial charge in [-0.1, -0.05) is 11.6 Å². The molecule has 1 aliphatic rings. The average Bonchev–Trinajstić information content (AvgIpc) is 2.96. The molecule has 6 nitrogen and oxygen atoms in total. The van der Waals surface area contributed by atoms with E-state index in [1.807, 2.05) is 4.90 Å². The molecular formula is C20H22ClF3N4O2. The molecule has 1 aliphatic heterocycles. The second-order valence-corrected chi connectivity index (χ2v) is 7.80. The fraction of sp³-hybridized carbons (Fsp3) is 0.450. The standard InChI is InChI=1S/C20H22ClF3N4O2/c1-11-17(13(3)29)12(2)26-18(11)16(30)10-27-4-6-28(7-5-27)19-15(21)8-14(9-25-19)20(22,23)24/h8-9,26H,4-7,10H2,1-3H3. The molecule has 0 bridgehead atoms. The van der Waals surface area contributed by atoms with E-state index in [4.69, 9.17) is 11.6 Å². The van der Waals surface area contributed by atoms with E-state index in [-0.39, 0.29) is 23.1 Å². The van der Waals surface area contributed by atoms with Crippen LogP contribution in [0.15, 0.2) is 12.3 Å². The Balaban J connectivity index is 1.63. The predicted octanol–water partition coefficient (Wildman–Crippen LogP) is 3.91. The third kappa shape index (κ3) is 4.52. The summed E-state index contributed by atoms with van der Waals surface area (Å²) in [4.78, 5) is 35.2. The van der Waals surface area contributed by atoms with Crippen molar-refractivity contribution in [3.8, 4) is 0 Å². The molecule has 0 atom stereocenters. The third-order valence-electron chi connectivity index (χ3n) is 5.26. The van der Waals surface area contributed by atoms with E-state index >= 15 is 0 Å². The van der Waals surface area contributed by atoms with E-state index in [0.717, 1.165) is 12.3 Å². The maximum atomic E-state index is 12.8. The first-order valence-corrected chi connectivity index (χ1v) is 9.80. The average molecular weight is 443 g/mol. The number of hydrogen-bond donors (Lipinski definition) is 1. The van der Waals surface area contributed by atoms with Crippen molar-refractivity contribution in [2.75, 3.05) is 37.6 Å². The normalized spacial score (nSPS) is 15.5. The largest absolute Gasteiger partial charge is 0.417 e. The van der Waals surface area contributed by atoms with Crippen LogP contribution >= 0.6 is 11.6 Å². The number of piperazine rings is 1. The Morgan fingerprint density at radius 2 is 1.83 bits per heavy atom. The van der Waals surface area contributed by atoms with Crippen molar-refractivity contribution in [2.45, 2.75) is 26.9 Å². The van der Waals surface area contributed by atoms with Gasteiger partial charge in [0, 0.05) is 43.6 Å². The first-order chi connectivity index (χ1) is 14.0. The number of pyridine rings is 1. The zero-order chi connectivity index (χ0) is 22.2. The summed E-state index contributed by atoms with van der Waals surface area (Å²) in [5.74, 6) is 0.106. The Labute approximate surface area is 177 Å². The molecule has 30 heavy (non-hydrogen) atoms. The Kier molecular flexibility index (Phi) is 6.24. The number of nitrogens with one attached hydrogen (secondary N) is 1. The molecule has 1 saturated heterocycles. The smallest absolute Gasteiger partial charge is 0.355 e. The lowest BCUT2D eigenvalue weighted by atomic mass is 10.1. The SMILES string of the molecule is CC(=O)c1c(C)[nH]c(C(=O)CN2CCN(c3ncc(C(F)(F)F)cc3Cl)CC2)c1C. The number of alkyl halides is 3. The van der Waals surface area contributed by atoms with Gasteiger partial charge in [0.1, 0.15) is 5.82 Å². The van der Waals surface area contributed by atoms with Gasteiger partial charge in [0.05, 0.1) is 22.8 Å². The van der Waals surface area contributed by atoms with Gasteiger partial charge in [0.2, 0.25) is 0 Å². The highest BCUT2D eigenvalue weighted by Crippen LogP contribution is 2.33. The second kappa shape index (κ2) is 8.39. The maximum absolute atomic E-state index is 12.8. The van der Waals surface area contributed by atoms with Crippen LogP contribution in [0.5, 0.6) is 0 Å². The Bertz CT molecular complexity index is 979. The fourth-order valence-electron chi connectivity index (χ4n) is 3.78. The summed E-state index contributed by atoms with van der Waals surface area (Å²) >= 11 is 6.03. The van der Waals surface area contributed by atoms with E-state index in [0.29, 0.717) is 54.5 Å². The van der Waals surface area contributed by atoms with Crippen molar-refractivity contribution in [1.82, 2.24) is 14.9 Å². The summed E-state index contributed by atoms with van der Waals surface area (Å²) in [6, 6.07) is 0.878. The van der Waals surface area contributed by atoms with Crippen LogP contribution in [0.3, 0.4) is 0 Å². The molecule has 1 N–H and O–H groups in total. The molecule has 0 spiro atoms. The van der Waals surface area contributed by atoms with Gasteiger partial charge in [-0.2, -0.15) is 13.2 Å². The van der Waals surface area contributed by atoms with Crippen molar-refractivity contribution in [3.05, 3.63) is 45.4 Å². The highest BCUT2D eigenvalue weighted by atomic mass is 35.5. The van der Waals surface area contributed by atoms with Gasteiger partial charge >= 0.3 is 6.18 Å². The minimum absolute atomic E-state index is 0.0522. The molecular weight excluding hydrogens is 421 g/mol. The molecule has 0 unspecified atom stereocenters. The van der Waals surface area contributed by atoms with Gasteiger partial charge in [-0.3, -0.25) is 14.5 Å². The van der Waals surface area contributed by atoms with Gasteiger partial charge in [-0.15, -0.1) is 0 Å². The first-order valence-electron chi connectivity index (χ1n) is 9.42. The number of halogens is 4. The summed E-state index contributed by atoms with van der Waals surface area (Å²) in [6.45, 7) is 7.19. The van der Waals surface area contributed by atoms with Crippen LogP contribution in [0.2, 0.25) is 5.02 Å². The van der Waals surface area contributed by atoms with Crippen LogP contribution < -0.4 is 4.90 Å². The van der Waals surface area contributed by atoms with Crippen LogP contribution in [0.4, 0.5) is 19.0 Å². The lowest BCUT2D eigenvalue weighted by molar-refractivity contribution is -0.137. The van der Waals surface area contributed by atoms with E-state index in [9.17, 15) is 22.8 Å². The van der Waals surface area contributed by atoms with Gasteiger partial charge in [0.15, 0.2) is 11.6 Å². The molecule has 0 saturated carbocycles. The summed E-state index contributed by atoms with van der Waals surface area (Å²) in [5.41, 5.74) is 1.43. The number of aromatic nitrogens is 2. The lowest BCUT2D eigenvalue weighted by Gasteiger charge is -2.35. The summed E-state index contributed by atoms with van der Waals surface area (Å²) in [6.07, 6.45) is -3.72. The van der Waals surface area contributed by atoms with Crippen molar-refractivity contribution in [2.24, 2.45) is 0 Å². The molecule has 1 fully saturated rings. The number of carbonyl (C=O) groups excluding carboxylic acids is 2. The molecule has 0 radical (unpaired) electrons. The molecule has 162 valence electrons. The molecule has 3 heterocycles. The Morgan fingerprint density at radius 1 is 1.20 bits per heavy atom.